The second-order valence-electron chi connectivity index (χ2n) is 4.87. The molecule has 0 bridgehead atoms. The monoisotopic (exact) mass is 534 g/mol. The molecule has 24 heavy (non-hydrogen) atoms. The minimum atomic E-state index is -0.581. The summed E-state index contributed by atoms with van der Waals surface area (Å²) in [5.41, 5.74) is 1.23. The molecule has 0 saturated carbocycles. The Kier molecular flexibility index (Phi) is 5.59. The van der Waals surface area contributed by atoms with Crippen LogP contribution >= 0.6 is 59.1 Å². The maximum absolute atomic E-state index is 12.0. The van der Waals surface area contributed by atoms with Crippen molar-refractivity contribution in [3.05, 3.63) is 59.6 Å². The number of carbonyl (C=O) groups excluding carboxylic acids is 2. The number of ether oxygens (including phenoxy) is 2. The smallest absolute Gasteiger partial charge is 0.348 e. The van der Waals surface area contributed by atoms with Gasteiger partial charge in [-0.15, -0.1) is 11.3 Å². The molecule has 0 spiro atoms. The largest absolute Gasteiger partial charge is 0.457 e. The van der Waals surface area contributed by atoms with E-state index in [2.05, 4.69) is 47.8 Å². The van der Waals surface area contributed by atoms with Gasteiger partial charge in [0.2, 0.25) is 0 Å². The van der Waals surface area contributed by atoms with Crippen LogP contribution in [0.1, 0.15) is 15.2 Å². The third-order valence-electron chi connectivity index (χ3n) is 3.19. The summed E-state index contributed by atoms with van der Waals surface area (Å²) >= 11 is 11.3. The molecule has 2 aromatic rings. The van der Waals surface area contributed by atoms with Gasteiger partial charge in [0.1, 0.15) is 11.5 Å². The average molecular weight is 537 g/mol. The van der Waals surface area contributed by atoms with Crippen LogP contribution in [0, 0.1) is 0 Å². The summed E-state index contributed by atoms with van der Waals surface area (Å²) in [5, 5.41) is 0. The van der Waals surface area contributed by atoms with Crippen molar-refractivity contribution in [2.24, 2.45) is 0 Å². The number of thiophene rings is 1. The highest BCUT2D eigenvalue weighted by Gasteiger charge is 2.28. The van der Waals surface area contributed by atoms with E-state index in [9.17, 15) is 9.59 Å². The van der Waals surface area contributed by atoms with Gasteiger partial charge < -0.3 is 9.47 Å². The number of benzene rings is 1. The zero-order valence-corrected chi connectivity index (χ0v) is 17.5. The van der Waals surface area contributed by atoms with Crippen molar-refractivity contribution < 1.29 is 19.1 Å². The minimum Gasteiger partial charge on any atom is -0.457 e. The van der Waals surface area contributed by atoms with Gasteiger partial charge in [0.05, 0.1) is 9.36 Å². The predicted octanol–water partition coefficient (Wildman–Crippen LogP) is 5.20. The summed E-state index contributed by atoms with van der Waals surface area (Å²) < 4.78 is 13.0. The van der Waals surface area contributed by atoms with Crippen LogP contribution < -0.4 is 0 Å². The molecule has 1 unspecified atom stereocenters. The number of halogens is 3. The summed E-state index contributed by atoms with van der Waals surface area (Å²) in [7, 11) is 0. The van der Waals surface area contributed by atoms with Crippen molar-refractivity contribution in [1.82, 2.24) is 0 Å². The normalized spacial score (nSPS) is 16.7. The molecule has 0 radical (unpaired) electrons. The van der Waals surface area contributed by atoms with Crippen LogP contribution in [-0.4, -0.2) is 24.6 Å². The van der Waals surface area contributed by atoms with E-state index in [1.165, 1.54) is 11.3 Å². The highest BCUT2D eigenvalue weighted by atomic mass is 79.9. The molecule has 2 heterocycles. The maximum Gasteiger partial charge on any atom is 0.348 e. The number of hydrogen-bond donors (Lipinski definition) is 0. The number of esters is 2. The van der Waals surface area contributed by atoms with Gasteiger partial charge >= 0.3 is 11.9 Å². The SMILES string of the molecule is O=C1OC(COC(=O)c2cc(Br)c(Br)s2)C=C1c1cccc(Br)c1. The Bertz CT molecular complexity index is 824. The average Bonchev–Trinajstić information content (AvgIpc) is 3.08. The topological polar surface area (TPSA) is 52.6 Å². The molecule has 0 amide bonds. The second-order valence-corrected chi connectivity index (χ2v) is 9.01. The summed E-state index contributed by atoms with van der Waals surface area (Å²) in [4.78, 5) is 24.5. The Labute approximate surface area is 167 Å². The van der Waals surface area contributed by atoms with Gasteiger partial charge in [-0.3, -0.25) is 0 Å². The van der Waals surface area contributed by atoms with E-state index in [-0.39, 0.29) is 6.61 Å². The molecule has 1 atom stereocenters. The number of cyclic esters (lactones) is 1. The first-order chi connectivity index (χ1) is 11.4. The van der Waals surface area contributed by atoms with Crippen LogP contribution in [0.3, 0.4) is 0 Å². The highest BCUT2D eigenvalue weighted by Crippen LogP contribution is 2.33. The third-order valence-corrected chi connectivity index (χ3v) is 6.92. The fourth-order valence-corrected chi connectivity index (χ4v) is 4.45. The summed E-state index contributed by atoms with van der Waals surface area (Å²) in [6.45, 7) is -0.0186. The van der Waals surface area contributed by atoms with E-state index < -0.39 is 18.0 Å². The van der Waals surface area contributed by atoms with Crippen molar-refractivity contribution in [2.75, 3.05) is 6.61 Å². The van der Waals surface area contributed by atoms with E-state index in [0.29, 0.717) is 10.5 Å². The van der Waals surface area contributed by atoms with E-state index in [0.717, 1.165) is 18.3 Å². The first-order valence-electron chi connectivity index (χ1n) is 6.75. The lowest BCUT2D eigenvalue weighted by Crippen LogP contribution is -2.18. The lowest BCUT2D eigenvalue weighted by atomic mass is 10.1. The zero-order chi connectivity index (χ0) is 17.3. The van der Waals surface area contributed by atoms with Crippen LogP contribution in [0.25, 0.3) is 5.57 Å². The van der Waals surface area contributed by atoms with Crippen LogP contribution in [0.2, 0.25) is 0 Å². The van der Waals surface area contributed by atoms with Crippen molar-refractivity contribution >= 4 is 76.6 Å². The number of carbonyl (C=O) groups is 2. The molecular weight excluding hydrogens is 528 g/mol. The molecule has 1 aromatic heterocycles. The van der Waals surface area contributed by atoms with Crippen LogP contribution in [0.4, 0.5) is 0 Å². The zero-order valence-electron chi connectivity index (χ0n) is 11.9. The fraction of sp³-hybridized carbons (Fsp3) is 0.125. The molecule has 1 aromatic carbocycles. The van der Waals surface area contributed by atoms with Crippen LogP contribution in [-0.2, 0) is 14.3 Å². The minimum absolute atomic E-state index is 0.0186. The van der Waals surface area contributed by atoms with E-state index in [4.69, 9.17) is 9.47 Å². The molecule has 3 rings (SSSR count). The molecule has 8 heteroatoms. The van der Waals surface area contributed by atoms with E-state index in [1.54, 1.807) is 12.1 Å². The van der Waals surface area contributed by atoms with Gasteiger partial charge in [-0.1, -0.05) is 28.1 Å². The maximum atomic E-state index is 12.0. The Morgan fingerprint density at radius 3 is 2.71 bits per heavy atom. The summed E-state index contributed by atoms with van der Waals surface area (Å²) in [6.07, 6.45) is 1.10. The molecule has 4 nitrogen and oxygen atoms in total. The van der Waals surface area contributed by atoms with Crippen LogP contribution in [0.15, 0.2) is 49.1 Å². The standard InChI is InChI=1S/C16H9Br3O4S/c17-9-3-1-2-8(4-9)11-5-10(23-15(11)20)7-22-16(21)13-6-12(18)14(19)24-13/h1-6,10H,7H2. The van der Waals surface area contributed by atoms with E-state index >= 15 is 0 Å². The van der Waals surface area contributed by atoms with Gasteiger partial charge in [0.15, 0.2) is 6.10 Å². The van der Waals surface area contributed by atoms with Crippen molar-refractivity contribution in [3.8, 4) is 0 Å². The van der Waals surface area contributed by atoms with E-state index in [1.807, 2.05) is 24.3 Å². The lowest BCUT2D eigenvalue weighted by molar-refractivity contribution is -0.139. The molecular formula is C16H9Br3O4S. The van der Waals surface area contributed by atoms with Crippen molar-refractivity contribution in [1.29, 1.82) is 0 Å². The Balaban J connectivity index is 1.66. The van der Waals surface area contributed by atoms with Gasteiger partial charge in [0.25, 0.3) is 0 Å². The Hall–Kier alpha value is -0.960. The van der Waals surface area contributed by atoms with Gasteiger partial charge in [-0.25, -0.2) is 9.59 Å². The fourth-order valence-electron chi connectivity index (χ4n) is 2.12. The Morgan fingerprint density at radius 2 is 2.04 bits per heavy atom. The molecule has 1 aliphatic heterocycles. The van der Waals surface area contributed by atoms with Gasteiger partial charge in [-0.2, -0.15) is 0 Å². The predicted molar refractivity (Wildman–Crippen MR) is 102 cm³/mol. The van der Waals surface area contributed by atoms with Gasteiger partial charge in [0, 0.05) is 8.95 Å². The first kappa shape index (κ1) is 17.8. The molecule has 1 aliphatic rings. The molecule has 0 saturated heterocycles. The highest BCUT2D eigenvalue weighted by molar-refractivity contribution is 9.13. The lowest BCUT2D eigenvalue weighted by Gasteiger charge is -2.08. The van der Waals surface area contributed by atoms with Crippen LogP contribution in [0.5, 0.6) is 0 Å². The summed E-state index contributed by atoms with van der Waals surface area (Å²) in [5.74, 6) is -0.873. The molecule has 0 fully saturated rings. The second kappa shape index (κ2) is 7.51. The van der Waals surface area contributed by atoms with Crippen molar-refractivity contribution in [2.45, 2.75) is 6.10 Å². The number of rotatable bonds is 4. The molecule has 0 N–H and O–H groups in total. The molecule has 124 valence electrons. The number of hydrogen-bond acceptors (Lipinski definition) is 5. The first-order valence-corrected chi connectivity index (χ1v) is 9.94. The van der Waals surface area contributed by atoms with Crippen molar-refractivity contribution in [3.63, 3.8) is 0 Å². The van der Waals surface area contributed by atoms with Gasteiger partial charge in [-0.05, 0) is 61.7 Å². The third kappa shape index (κ3) is 3.99. The molecule has 0 aliphatic carbocycles. The summed E-state index contributed by atoms with van der Waals surface area (Å²) in [6, 6.07) is 9.06. The quantitative estimate of drug-likeness (QED) is 0.504. The Morgan fingerprint density at radius 1 is 1.25 bits per heavy atom.